The Hall–Kier alpha value is -1.62. The van der Waals surface area contributed by atoms with E-state index in [-0.39, 0.29) is 18.6 Å². The van der Waals surface area contributed by atoms with Gasteiger partial charge in [0, 0.05) is 0 Å². The van der Waals surface area contributed by atoms with Gasteiger partial charge < -0.3 is 9.15 Å². The number of ether oxygens (including phenoxy) is 1. The molecule has 0 bridgehead atoms. The molecule has 122 valence electrons. The standard InChI is InChI=1S/C17H26N2O3/c1-12(2)15-7-6-13(3)9-16(15)22-11-17(20)19-18-10-14-5-4-8-21-14/h4-5,8,10,12-13,15-16H,6-7,9,11H2,1-3H3,(H,19,20)/b18-10-/t13?,15-,16?/m0/s1. The third kappa shape index (κ3) is 4.98. The molecule has 1 amide bonds. The van der Waals surface area contributed by atoms with E-state index in [1.165, 1.54) is 19.1 Å². The third-order valence-corrected chi connectivity index (χ3v) is 4.31. The smallest absolute Gasteiger partial charge is 0.266 e. The number of hydrazone groups is 1. The van der Waals surface area contributed by atoms with Crippen LogP contribution in [0.25, 0.3) is 0 Å². The molecule has 0 spiro atoms. The number of furan rings is 1. The molecule has 3 atom stereocenters. The van der Waals surface area contributed by atoms with Crippen LogP contribution in [-0.2, 0) is 9.53 Å². The fourth-order valence-electron chi connectivity index (χ4n) is 3.05. The highest BCUT2D eigenvalue weighted by Crippen LogP contribution is 2.35. The molecule has 2 rings (SSSR count). The maximum Gasteiger partial charge on any atom is 0.266 e. The van der Waals surface area contributed by atoms with Gasteiger partial charge in [0.05, 0.1) is 18.6 Å². The Morgan fingerprint density at radius 3 is 3.05 bits per heavy atom. The third-order valence-electron chi connectivity index (χ3n) is 4.31. The molecule has 1 aromatic heterocycles. The van der Waals surface area contributed by atoms with Gasteiger partial charge in [0.15, 0.2) is 0 Å². The number of rotatable bonds is 6. The lowest BCUT2D eigenvalue weighted by molar-refractivity contribution is -0.131. The van der Waals surface area contributed by atoms with Crippen molar-refractivity contribution in [2.75, 3.05) is 6.61 Å². The lowest BCUT2D eigenvalue weighted by atomic mass is 9.75. The predicted octanol–water partition coefficient (Wildman–Crippen LogP) is 3.21. The summed E-state index contributed by atoms with van der Waals surface area (Å²) in [5, 5.41) is 3.85. The van der Waals surface area contributed by atoms with Crippen molar-refractivity contribution >= 4 is 12.1 Å². The first-order valence-electron chi connectivity index (χ1n) is 8.03. The van der Waals surface area contributed by atoms with E-state index in [1.54, 1.807) is 18.4 Å². The number of carbonyl (C=O) groups excluding carboxylic acids is 1. The van der Waals surface area contributed by atoms with Crippen LogP contribution in [0, 0.1) is 17.8 Å². The van der Waals surface area contributed by atoms with Crippen LogP contribution in [-0.4, -0.2) is 24.8 Å². The molecule has 22 heavy (non-hydrogen) atoms. The number of carbonyl (C=O) groups is 1. The van der Waals surface area contributed by atoms with E-state index in [0.717, 1.165) is 6.42 Å². The number of hydrogen-bond acceptors (Lipinski definition) is 4. The van der Waals surface area contributed by atoms with E-state index in [4.69, 9.17) is 9.15 Å². The van der Waals surface area contributed by atoms with Gasteiger partial charge in [-0.3, -0.25) is 4.79 Å². The Morgan fingerprint density at radius 2 is 2.36 bits per heavy atom. The lowest BCUT2D eigenvalue weighted by Gasteiger charge is -2.36. The summed E-state index contributed by atoms with van der Waals surface area (Å²) < 4.78 is 11.0. The summed E-state index contributed by atoms with van der Waals surface area (Å²) in [5.74, 6) is 2.15. The second-order valence-electron chi connectivity index (χ2n) is 6.48. The van der Waals surface area contributed by atoms with Crippen LogP contribution in [0.3, 0.4) is 0 Å². The molecule has 1 aliphatic rings. The SMILES string of the molecule is CC1CC[C@@H](C(C)C)C(OCC(=O)N/N=C\c2ccco2)C1. The van der Waals surface area contributed by atoms with E-state index in [0.29, 0.717) is 23.5 Å². The molecule has 1 aromatic rings. The second kappa shape index (κ2) is 8.13. The van der Waals surface area contributed by atoms with Crippen molar-refractivity contribution in [3.63, 3.8) is 0 Å². The fourth-order valence-corrected chi connectivity index (χ4v) is 3.05. The Labute approximate surface area is 132 Å². The summed E-state index contributed by atoms with van der Waals surface area (Å²) in [6.45, 7) is 6.76. The van der Waals surface area contributed by atoms with Gasteiger partial charge in [-0.05, 0) is 42.7 Å². The average Bonchev–Trinajstić information content (AvgIpc) is 2.98. The molecule has 0 saturated heterocycles. The zero-order valence-electron chi connectivity index (χ0n) is 13.6. The highest BCUT2D eigenvalue weighted by atomic mass is 16.5. The predicted molar refractivity (Wildman–Crippen MR) is 85.5 cm³/mol. The van der Waals surface area contributed by atoms with Gasteiger partial charge in [-0.25, -0.2) is 5.43 Å². The van der Waals surface area contributed by atoms with Gasteiger partial charge in [-0.1, -0.05) is 27.2 Å². The minimum absolute atomic E-state index is 0.0517. The summed E-state index contributed by atoms with van der Waals surface area (Å²) >= 11 is 0. The normalized spacial score (nSPS) is 25.7. The molecule has 1 fully saturated rings. The second-order valence-corrected chi connectivity index (χ2v) is 6.48. The number of nitrogens with one attached hydrogen (secondary N) is 1. The van der Waals surface area contributed by atoms with Crippen LogP contribution in [0.1, 0.15) is 45.8 Å². The largest absolute Gasteiger partial charge is 0.463 e. The fraction of sp³-hybridized carbons (Fsp3) is 0.647. The van der Waals surface area contributed by atoms with Crippen LogP contribution in [0.5, 0.6) is 0 Å². The average molecular weight is 306 g/mol. The van der Waals surface area contributed by atoms with Crippen molar-refractivity contribution in [1.29, 1.82) is 0 Å². The first-order valence-corrected chi connectivity index (χ1v) is 8.03. The Morgan fingerprint density at radius 1 is 1.55 bits per heavy atom. The molecule has 0 aliphatic heterocycles. The van der Waals surface area contributed by atoms with Crippen molar-refractivity contribution in [2.45, 2.75) is 46.1 Å². The Balaban J connectivity index is 1.76. The maximum atomic E-state index is 11.8. The number of amides is 1. The summed E-state index contributed by atoms with van der Waals surface area (Å²) in [5.41, 5.74) is 2.46. The topological polar surface area (TPSA) is 63.8 Å². The quantitative estimate of drug-likeness (QED) is 0.648. The highest BCUT2D eigenvalue weighted by molar-refractivity contribution is 5.80. The lowest BCUT2D eigenvalue weighted by Crippen LogP contribution is -2.36. The molecule has 5 heteroatoms. The van der Waals surface area contributed by atoms with E-state index in [9.17, 15) is 4.79 Å². The van der Waals surface area contributed by atoms with Crippen molar-refractivity contribution in [3.8, 4) is 0 Å². The van der Waals surface area contributed by atoms with Gasteiger partial charge in [0.2, 0.25) is 0 Å². The minimum Gasteiger partial charge on any atom is -0.463 e. The number of hydrogen-bond donors (Lipinski definition) is 1. The van der Waals surface area contributed by atoms with Crippen molar-refractivity contribution in [2.24, 2.45) is 22.9 Å². The molecular weight excluding hydrogens is 280 g/mol. The van der Waals surface area contributed by atoms with Crippen LogP contribution < -0.4 is 5.43 Å². The van der Waals surface area contributed by atoms with Crippen molar-refractivity contribution in [3.05, 3.63) is 24.2 Å². The van der Waals surface area contributed by atoms with Crippen molar-refractivity contribution < 1.29 is 13.9 Å². The summed E-state index contributed by atoms with van der Waals surface area (Å²) in [6, 6.07) is 3.53. The molecular formula is C17H26N2O3. The summed E-state index contributed by atoms with van der Waals surface area (Å²) in [4.78, 5) is 11.8. The highest BCUT2D eigenvalue weighted by Gasteiger charge is 2.31. The van der Waals surface area contributed by atoms with Gasteiger partial charge in [0.1, 0.15) is 12.4 Å². The first-order chi connectivity index (χ1) is 10.6. The number of nitrogens with zero attached hydrogens (tertiary/aromatic N) is 1. The molecule has 5 nitrogen and oxygen atoms in total. The molecule has 1 heterocycles. The maximum absolute atomic E-state index is 11.8. The molecule has 0 radical (unpaired) electrons. The zero-order chi connectivity index (χ0) is 15.9. The molecule has 1 N–H and O–H groups in total. The van der Waals surface area contributed by atoms with Gasteiger partial charge in [-0.15, -0.1) is 0 Å². The Kier molecular flexibility index (Phi) is 6.19. The van der Waals surface area contributed by atoms with Gasteiger partial charge >= 0.3 is 0 Å². The first kappa shape index (κ1) is 16.7. The van der Waals surface area contributed by atoms with Gasteiger partial charge in [0.25, 0.3) is 5.91 Å². The van der Waals surface area contributed by atoms with E-state index in [1.807, 2.05) is 0 Å². The van der Waals surface area contributed by atoms with E-state index < -0.39 is 0 Å². The molecule has 0 aromatic carbocycles. The Bertz CT molecular complexity index is 482. The van der Waals surface area contributed by atoms with E-state index >= 15 is 0 Å². The zero-order valence-corrected chi connectivity index (χ0v) is 13.6. The van der Waals surface area contributed by atoms with E-state index in [2.05, 4.69) is 31.3 Å². The minimum atomic E-state index is -0.233. The molecule has 1 saturated carbocycles. The monoisotopic (exact) mass is 306 g/mol. The molecule has 2 unspecified atom stereocenters. The molecule has 1 aliphatic carbocycles. The van der Waals surface area contributed by atoms with Crippen LogP contribution in [0.2, 0.25) is 0 Å². The van der Waals surface area contributed by atoms with Crippen molar-refractivity contribution in [1.82, 2.24) is 5.43 Å². The van der Waals surface area contributed by atoms with Crippen LogP contribution in [0.15, 0.2) is 27.9 Å². The van der Waals surface area contributed by atoms with Crippen LogP contribution in [0.4, 0.5) is 0 Å². The summed E-state index contributed by atoms with van der Waals surface area (Å²) in [6.07, 6.45) is 6.67. The van der Waals surface area contributed by atoms with Gasteiger partial charge in [-0.2, -0.15) is 5.10 Å². The van der Waals surface area contributed by atoms with Crippen LogP contribution >= 0.6 is 0 Å². The summed E-state index contributed by atoms with van der Waals surface area (Å²) in [7, 11) is 0.